The smallest absolute Gasteiger partial charge is 0.348 e. The van der Waals surface area contributed by atoms with Crippen molar-refractivity contribution in [1.29, 1.82) is 0 Å². The topological polar surface area (TPSA) is 87.7 Å². The third-order valence-electron chi connectivity index (χ3n) is 3.02. The molecule has 0 aliphatic heterocycles. The average molecular weight is 319 g/mol. The van der Waals surface area contributed by atoms with Crippen molar-refractivity contribution in [3.05, 3.63) is 47.0 Å². The number of hydrogen-bond donors (Lipinski definition) is 0. The lowest BCUT2D eigenvalue weighted by Crippen LogP contribution is -2.10. The second-order valence-electron chi connectivity index (χ2n) is 4.51. The molecule has 2 aromatic heterocycles. The Bertz CT molecular complexity index is 810. The first-order chi connectivity index (χ1) is 10.6. The SMILES string of the molecule is Cc1nn(C)c(Cl)c1C(=O)Oc1ccc(-n2cnnn2)cc1. The zero-order chi connectivity index (χ0) is 15.7. The van der Waals surface area contributed by atoms with E-state index in [1.807, 2.05) is 0 Å². The standard InChI is InChI=1S/C13H11ClN6O2/c1-8-11(12(14)19(2)16-8)13(21)22-10-5-3-9(4-6-10)20-7-15-17-18-20/h3-7H,1-2H3. The van der Waals surface area contributed by atoms with E-state index in [4.69, 9.17) is 16.3 Å². The lowest BCUT2D eigenvalue weighted by Gasteiger charge is -2.05. The molecule has 0 bridgehead atoms. The van der Waals surface area contributed by atoms with E-state index in [9.17, 15) is 4.79 Å². The van der Waals surface area contributed by atoms with E-state index < -0.39 is 5.97 Å². The van der Waals surface area contributed by atoms with Crippen LogP contribution in [0.1, 0.15) is 16.1 Å². The van der Waals surface area contributed by atoms with Crippen LogP contribution in [0.4, 0.5) is 0 Å². The summed E-state index contributed by atoms with van der Waals surface area (Å²) in [6.07, 6.45) is 1.47. The van der Waals surface area contributed by atoms with Gasteiger partial charge in [-0.2, -0.15) is 5.10 Å². The summed E-state index contributed by atoms with van der Waals surface area (Å²) >= 11 is 6.04. The van der Waals surface area contributed by atoms with Crippen LogP contribution in [0.15, 0.2) is 30.6 Å². The van der Waals surface area contributed by atoms with Gasteiger partial charge in [0.2, 0.25) is 0 Å². The summed E-state index contributed by atoms with van der Waals surface area (Å²) < 4.78 is 8.23. The molecule has 1 aromatic carbocycles. The maximum Gasteiger partial charge on any atom is 0.348 e. The van der Waals surface area contributed by atoms with Gasteiger partial charge in [0.25, 0.3) is 0 Å². The van der Waals surface area contributed by atoms with Gasteiger partial charge in [-0.05, 0) is 41.6 Å². The molecule has 0 saturated heterocycles. The number of nitrogens with zero attached hydrogens (tertiary/aromatic N) is 6. The van der Waals surface area contributed by atoms with Crippen LogP contribution in [0.2, 0.25) is 5.15 Å². The first-order valence-electron chi connectivity index (χ1n) is 6.31. The molecule has 3 aromatic rings. The van der Waals surface area contributed by atoms with Gasteiger partial charge in [-0.25, -0.2) is 9.48 Å². The minimum Gasteiger partial charge on any atom is -0.423 e. The Balaban J connectivity index is 1.80. The molecule has 0 spiro atoms. The Hall–Kier alpha value is -2.74. The van der Waals surface area contributed by atoms with Crippen molar-refractivity contribution in [2.75, 3.05) is 0 Å². The lowest BCUT2D eigenvalue weighted by atomic mass is 10.2. The normalized spacial score (nSPS) is 10.7. The first kappa shape index (κ1) is 14.2. The summed E-state index contributed by atoms with van der Waals surface area (Å²) in [5.74, 6) is -0.160. The van der Waals surface area contributed by atoms with Gasteiger partial charge in [0.05, 0.1) is 11.4 Å². The van der Waals surface area contributed by atoms with Gasteiger partial charge < -0.3 is 4.74 Å². The number of tetrazole rings is 1. The van der Waals surface area contributed by atoms with Crippen molar-refractivity contribution >= 4 is 17.6 Å². The average Bonchev–Trinajstić information content (AvgIpc) is 3.09. The van der Waals surface area contributed by atoms with E-state index >= 15 is 0 Å². The maximum atomic E-state index is 12.2. The number of esters is 1. The summed E-state index contributed by atoms with van der Waals surface area (Å²) in [6.45, 7) is 1.70. The van der Waals surface area contributed by atoms with Gasteiger partial charge in [-0.1, -0.05) is 11.6 Å². The predicted molar refractivity (Wildman–Crippen MR) is 77.1 cm³/mol. The molecule has 9 heteroatoms. The minimum absolute atomic E-state index is 0.243. The largest absolute Gasteiger partial charge is 0.423 e. The molecule has 8 nitrogen and oxygen atoms in total. The Morgan fingerprint density at radius 3 is 2.55 bits per heavy atom. The summed E-state index contributed by atoms with van der Waals surface area (Å²) in [6, 6.07) is 6.76. The minimum atomic E-state index is -0.550. The number of aryl methyl sites for hydroxylation is 2. The van der Waals surface area contributed by atoms with E-state index in [2.05, 4.69) is 20.6 Å². The van der Waals surface area contributed by atoms with Gasteiger partial charge in [0.1, 0.15) is 22.8 Å². The molecule has 0 saturated carbocycles. The second kappa shape index (κ2) is 5.57. The Morgan fingerprint density at radius 2 is 2.00 bits per heavy atom. The van der Waals surface area contributed by atoms with Crippen LogP contribution < -0.4 is 4.74 Å². The fraction of sp³-hybridized carbons (Fsp3) is 0.154. The number of ether oxygens (including phenoxy) is 1. The zero-order valence-corrected chi connectivity index (χ0v) is 12.5. The highest BCUT2D eigenvalue weighted by Gasteiger charge is 2.20. The second-order valence-corrected chi connectivity index (χ2v) is 4.87. The molecule has 0 N–H and O–H groups in total. The number of carbonyl (C=O) groups excluding carboxylic acids is 1. The van der Waals surface area contributed by atoms with Gasteiger partial charge in [-0.15, -0.1) is 5.10 Å². The molecule has 0 radical (unpaired) electrons. The van der Waals surface area contributed by atoms with Crippen molar-refractivity contribution in [3.63, 3.8) is 0 Å². The number of aromatic nitrogens is 6. The molecule has 3 rings (SSSR count). The molecular formula is C13H11ClN6O2. The van der Waals surface area contributed by atoms with Crippen LogP contribution in [-0.2, 0) is 7.05 Å². The number of benzene rings is 1. The van der Waals surface area contributed by atoms with Crippen LogP contribution in [0, 0.1) is 6.92 Å². The van der Waals surface area contributed by atoms with Crippen LogP contribution in [0.5, 0.6) is 5.75 Å². The van der Waals surface area contributed by atoms with Crippen molar-refractivity contribution in [1.82, 2.24) is 30.0 Å². The highest BCUT2D eigenvalue weighted by Crippen LogP contribution is 2.22. The van der Waals surface area contributed by atoms with Gasteiger partial charge in [0.15, 0.2) is 0 Å². The Morgan fingerprint density at radius 1 is 1.27 bits per heavy atom. The molecule has 2 heterocycles. The van der Waals surface area contributed by atoms with Gasteiger partial charge in [0, 0.05) is 7.05 Å². The molecule has 0 fully saturated rings. The monoisotopic (exact) mass is 318 g/mol. The highest BCUT2D eigenvalue weighted by molar-refractivity contribution is 6.32. The van der Waals surface area contributed by atoms with Gasteiger partial charge in [-0.3, -0.25) is 4.68 Å². The van der Waals surface area contributed by atoms with Crippen molar-refractivity contribution in [3.8, 4) is 11.4 Å². The number of halogens is 1. The number of rotatable bonds is 3. The van der Waals surface area contributed by atoms with E-state index in [0.29, 0.717) is 11.4 Å². The molecule has 0 unspecified atom stereocenters. The van der Waals surface area contributed by atoms with Crippen molar-refractivity contribution < 1.29 is 9.53 Å². The Labute approximate surface area is 130 Å². The van der Waals surface area contributed by atoms with Crippen LogP contribution in [0.25, 0.3) is 5.69 Å². The van der Waals surface area contributed by atoms with E-state index in [1.165, 1.54) is 15.7 Å². The van der Waals surface area contributed by atoms with E-state index in [-0.39, 0.29) is 10.7 Å². The summed E-state index contributed by atoms with van der Waals surface area (Å²) in [5.41, 5.74) is 1.52. The molecular weight excluding hydrogens is 308 g/mol. The Kier molecular flexibility index (Phi) is 3.60. The molecule has 0 atom stereocenters. The zero-order valence-electron chi connectivity index (χ0n) is 11.8. The molecule has 0 aliphatic carbocycles. The van der Waals surface area contributed by atoms with Crippen LogP contribution >= 0.6 is 11.6 Å². The highest BCUT2D eigenvalue weighted by atomic mass is 35.5. The quantitative estimate of drug-likeness (QED) is 0.538. The van der Waals surface area contributed by atoms with Crippen LogP contribution in [-0.4, -0.2) is 36.0 Å². The summed E-state index contributed by atoms with van der Waals surface area (Å²) in [4.78, 5) is 12.2. The molecule has 0 aliphatic rings. The fourth-order valence-electron chi connectivity index (χ4n) is 1.97. The van der Waals surface area contributed by atoms with E-state index in [1.54, 1.807) is 38.2 Å². The maximum absolute atomic E-state index is 12.2. The number of carbonyl (C=O) groups is 1. The van der Waals surface area contributed by atoms with Crippen molar-refractivity contribution in [2.45, 2.75) is 6.92 Å². The molecule has 0 amide bonds. The fourth-order valence-corrected chi connectivity index (χ4v) is 2.22. The predicted octanol–water partition coefficient (Wildman–Crippen LogP) is 1.58. The molecule has 22 heavy (non-hydrogen) atoms. The third-order valence-corrected chi connectivity index (χ3v) is 3.45. The summed E-state index contributed by atoms with van der Waals surface area (Å²) in [7, 11) is 1.66. The van der Waals surface area contributed by atoms with Gasteiger partial charge >= 0.3 is 5.97 Å². The number of hydrogen-bond acceptors (Lipinski definition) is 6. The van der Waals surface area contributed by atoms with Crippen LogP contribution in [0.3, 0.4) is 0 Å². The van der Waals surface area contributed by atoms with E-state index in [0.717, 1.165) is 5.69 Å². The van der Waals surface area contributed by atoms with Crippen molar-refractivity contribution in [2.24, 2.45) is 7.05 Å². The lowest BCUT2D eigenvalue weighted by molar-refractivity contribution is 0.0734. The first-order valence-corrected chi connectivity index (χ1v) is 6.69. The molecule has 112 valence electrons. The third kappa shape index (κ3) is 2.56. The summed E-state index contributed by atoms with van der Waals surface area (Å²) in [5, 5.41) is 15.2.